The minimum absolute atomic E-state index is 0.0177. The van der Waals surface area contributed by atoms with Gasteiger partial charge in [-0.25, -0.2) is 9.97 Å². The third-order valence-electron chi connectivity index (χ3n) is 5.74. The van der Waals surface area contributed by atoms with Crippen molar-refractivity contribution in [3.63, 3.8) is 0 Å². The summed E-state index contributed by atoms with van der Waals surface area (Å²) in [5, 5.41) is 18.9. The van der Waals surface area contributed by atoms with Crippen molar-refractivity contribution in [2.75, 3.05) is 18.4 Å². The molecule has 5 N–H and O–H groups in total. The van der Waals surface area contributed by atoms with E-state index in [1.54, 1.807) is 16.9 Å². The highest BCUT2D eigenvalue weighted by Gasteiger charge is 2.29. The highest BCUT2D eigenvalue weighted by molar-refractivity contribution is 6.31. The summed E-state index contributed by atoms with van der Waals surface area (Å²) in [6.07, 6.45) is 7.07. The smallest absolute Gasteiger partial charge is 0.387 e. The van der Waals surface area contributed by atoms with Crippen molar-refractivity contribution in [1.82, 2.24) is 25.1 Å². The van der Waals surface area contributed by atoms with E-state index in [1.165, 1.54) is 30.6 Å². The fourth-order valence-corrected chi connectivity index (χ4v) is 4.25. The molecular formula is C23H25ClF2N8O2. The van der Waals surface area contributed by atoms with Crippen LogP contribution in [0.25, 0.3) is 11.3 Å². The summed E-state index contributed by atoms with van der Waals surface area (Å²) in [5.41, 5.74) is 6.30. The number of nitrogens with one attached hydrogen (secondary N) is 3. The van der Waals surface area contributed by atoms with Gasteiger partial charge in [0.25, 0.3) is 0 Å². The summed E-state index contributed by atoms with van der Waals surface area (Å²) >= 11 is 6.18. The number of anilines is 1. The van der Waals surface area contributed by atoms with Crippen molar-refractivity contribution in [3.8, 4) is 17.0 Å². The van der Waals surface area contributed by atoms with Gasteiger partial charge in [0.05, 0.1) is 11.7 Å². The maximum Gasteiger partial charge on any atom is 0.387 e. The molecule has 1 amide bonds. The van der Waals surface area contributed by atoms with E-state index in [0.717, 1.165) is 32.4 Å². The molecule has 0 radical (unpaired) electrons. The zero-order valence-corrected chi connectivity index (χ0v) is 19.9. The van der Waals surface area contributed by atoms with Crippen LogP contribution in [0.1, 0.15) is 37.0 Å². The van der Waals surface area contributed by atoms with Crippen molar-refractivity contribution in [2.24, 2.45) is 5.73 Å². The summed E-state index contributed by atoms with van der Waals surface area (Å²) in [5.74, 6) is -2.48. The average molecular weight is 519 g/mol. The van der Waals surface area contributed by atoms with Crippen LogP contribution >= 0.6 is 11.6 Å². The van der Waals surface area contributed by atoms with Crippen LogP contribution in [-0.4, -0.2) is 51.2 Å². The number of rotatable bonds is 8. The molecule has 0 saturated carbocycles. The maximum absolute atomic E-state index is 13.3. The Bertz CT molecular complexity index is 1220. The fraction of sp³-hybridized carbons (Fsp3) is 0.348. The Morgan fingerprint density at radius 2 is 2.06 bits per heavy atom. The molecule has 3 heterocycles. The van der Waals surface area contributed by atoms with E-state index < -0.39 is 24.3 Å². The number of carbonyl (C=O) groups is 1. The lowest BCUT2D eigenvalue weighted by molar-refractivity contribution is -0.116. The van der Waals surface area contributed by atoms with E-state index in [0.29, 0.717) is 0 Å². The van der Waals surface area contributed by atoms with Gasteiger partial charge in [-0.3, -0.25) is 14.9 Å². The zero-order chi connectivity index (χ0) is 25.7. The second-order valence-corrected chi connectivity index (χ2v) is 8.65. The Balaban J connectivity index is 1.77. The number of amidine groups is 1. The quantitative estimate of drug-likeness (QED) is 0.263. The highest BCUT2D eigenvalue weighted by Crippen LogP contribution is 2.38. The first kappa shape index (κ1) is 25.5. The molecule has 1 aromatic carbocycles. The van der Waals surface area contributed by atoms with Gasteiger partial charge in [-0.1, -0.05) is 11.6 Å². The molecule has 0 bridgehead atoms. The third kappa shape index (κ3) is 5.94. The summed E-state index contributed by atoms with van der Waals surface area (Å²) in [6.45, 7) is -1.40. The molecule has 1 aliphatic rings. The Kier molecular flexibility index (Phi) is 8.06. The number of alkyl halides is 2. The topological polar surface area (TPSA) is 144 Å². The fourth-order valence-electron chi connectivity index (χ4n) is 4.08. The predicted molar refractivity (Wildman–Crippen MR) is 130 cm³/mol. The zero-order valence-electron chi connectivity index (χ0n) is 19.1. The molecule has 1 aliphatic heterocycles. The molecule has 4 rings (SSSR count). The largest absolute Gasteiger partial charge is 0.434 e. The van der Waals surface area contributed by atoms with E-state index in [-0.39, 0.29) is 39.6 Å². The molecule has 10 nitrogen and oxygen atoms in total. The molecule has 2 unspecified atom stereocenters. The molecule has 36 heavy (non-hydrogen) atoms. The molecule has 2 aromatic heterocycles. The average Bonchev–Trinajstić information content (AvgIpc) is 3.05. The number of amides is 1. The minimum atomic E-state index is -3.07. The van der Waals surface area contributed by atoms with E-state index in [2.05, 4.69) is 25.7 Å². The summed E-state index contributed by atoms with van der Waals surface area (Å²) in [4.78, 5) is 21.4. The van der Waals surface area contributed by atoms with Crippen molar-refractivity contribution in [1.29, 1.82) is 5.41 Å². The molecule has 190 valence electrons. The second kappa shape index (κ2) is 11.4. The van der Waals surface area contributed by atoms with Gasteiger partial charge in [0, 0.05) is 29.2 Å². The number of carbonyl (C=O) groups excluding carboxylic acids is 1. The van der Waals surface area contributed by atoms with Gasteiger partial charge in [0.2, 0.25) is 5.91 Å². The number of benzene rings is 1. The first-order valence-electron chi connectivity index (χ1n) is 11.3. The second-order valence-electron chi connectivity index (χ2n) is 8.21. The van der Waals surface area contributed by atoms with Crippen molar-refractivity contribution >= 4 is 29.0 Å². The van der Waals surface area contributed by atoms with Gasteiger partial charge in [-0.05, 0) is 56.6 Å². The van der Waals surface area contributed by atoms with Crippen LogP contribution in [0.15, 0.2) is 42.9 Å². The lowest BCUT2D eigenvalue weighted by Crippen LogP contribution is -2.33. The van der Waals surface area contributed by atoms with Crippen LogP contribution in [0.2, 0.25) is 5.02 Å². The molecule has 1 saturated heterocycles. The summed E-state index contributed by atoms with van der Waals surface area (Å²) in [6, 6.07) is 5.78. The molecular weight excluding hydrogens is 494 g/mol. The molecule has 0 aliphatic carbocycles. The van der Waals surface area contributed by atoms with Crippen LogP contribution in [0.3, 0.4) is 0 Å². The number of hydrogen-bond acceptors (Lipinski definition) is 7. The van der Waals surface area contributed by atoms with Crippen molar-refractivity contribution < 1.29 is 18.3 Å². The molecule has 13 heteroatoms. The predicted octanol–water partition coefficient (Wildman–Crippen LogP) is 3.57. The van der Waals surface area contributed by atoms with Gasteiger partial charge in [-0.15, -0.1) is 0 Å². The van der Waals surface area contributed by atoms with Crippen LogP contribution in [-0.2, 0) is 4.79 Å². The first-order chi connectivity index (χ1) is 17.3. The maximum atomic E-state index is 13.3. The Morgan fingerprint density at radius 3 is 2.78 bits per heavy atom. The van der Waals surface area contributed by atoms with E-state index in [1.807, 2.05) is 0 Å². The van der Waals surface area contributed by atoms with Crippen LogP contribution in [0.4, 0.5) is 14.5 Å². The summed E-state index contributed by atoms with van der Waals surface area (Å²) in [7, 11) is 0. The normalized spacial score (nSPS) is 16.8. The number of aromatic nitrogens is 4. The van der Waals surface area contributed by atoms with E-state index >= 15 is 0 Å². The number of ether oxygens (including phenoxy) is 1. The van der Waals surface area contributed by atoms with Gasteiger partial charge >= 0.3 is 6.61 Å². The molecule has 0 spiro atoms. The van der Waals surface area contributed by atoms with Gasteiger partial charge < -0.3 is 21.1 Å². The third-order valence-corrected chi connectivity index (χ3v) is 5.97. The highest BCUT2D eigenvalue weighted by atomic mass is 35.5. The molecule has 2 atom stereocenters. The lowest BCUT2D eigenvalue weighted by atomic mass is 10.1. The van der Waals surface area contributed by atoms with Crippen LogP contribution < -0.4 is 21.1 Å². The van der Waals surface area contributed by atoms with Crippen molar-refractivity contribution in [3.05, 3.63) is 53.7 Å². The first-order valence-corrected chi connectivity index (χ1v) is 11.7. The number of nitrogens with zero attached hydrogens (tertiary/aromatic N) is 4. The van der Waals surface area contributed by atoms with Crippen LogP contribution in [0.5, 0.6) is 5.75 Å². The monoisotopic (exact) mass is 518 g/mol. The van der Waals surface area contributed by atoms with Gasteiger partial charge in [0.1, 0.15) is 23.1 Å². The Morgan fingerprint density at radius 1 is 1.28 bits per heavy atom. The van der Waals surface area contributed by atoms with E-state index in [9.17, 15) is 13.6 Å². The number of hydrogen-bond donors (Lipinski definition) is 4. The van der Waals surface area contributed by atoms with E-state index in [4.69, 9.17) is 27.5 Å². The molecule has 3 aromatic rings. The Labute approximate surface area is 210 Å². The Hall–Kier alpha value is -3.64. The van der Waals surface area contributed by atoms with Crippen LogP contribution in [0, 0.1) is 5.41 Å². The number of nitrogens with two attached hydrogens (primary N) is 1. The molecule has 1 fully saturated rings. The SMILES string of the molecule is N=C(N)C(C(=O)Nc1cn(C2CCCNCC2)nc1-c1cc(Cl)ccc1OC(F)F)c1ncccn1. The number of halogens is 3. The van der Waals surface area contributed by atoms with Crippen molar-refractivity contribution in [2.45, 2.75) is 37.8 Å². The lowest BCUT2D eigenvalue weighted by Gasteiger charge is -2.15. The minimum Gasteiger partial charge on any atom is -0.434 e. The summed E-state index contributed by atoms with van der Waals surface area (Å²) < 4.78 is 32.7. The van der Waals surface area contributed by atoms with Gasteiger partial charge in [-0.2, -0.15) is 13.9 Å². The van der Waals surface area contributed by atoms with Gasteiger partial charge in [0.15, 0.2) is 5.92 Å². The standard InChI is InChI=1S/C23H25ClF2N8O2/c24-13-4-5-17(36-23(25)26)15(11-13)19-16(12-34(33-19)14-3-1-7-29-10-6-14)32-22(35)18(20(27)28)21-30-8-2-9-31-21/h2,4-5,8-9,11-12,14,18,23,29H,1,3,6-7,10H2,(H3,27,28)(H,32,35).